The van der Waals surface area contributed by atoms with Gasteiger partial charge in [-0.3, -0.25) is 0 Å². The lowest BCUT2D eigenvalue weighted by Gasteiger charge is -2.45. The summed E-state index contributed by atoms with van der Waals surface area (Å²) in [6.07, 6.45) is 14.0. The van der Waals surface area contributed by atoms with E-state index in [1.54, 1.807) is 0 Å². The topological polar surface area (TPSA) is 25.0 Å². The van der Waals surface area contributed by atoms with Gasteiger partial charge >= 0.3 is 0 Å². The van der Waals surface area contributed by atoms with Crippen molar-refractivity contribution in [1.29, 1.82) is 0 Å². The fourth-order valence-electron chi connectivity index (χ4n) is 3.91. The molecule has 18 heavy (non-hydrogen) atoms. The van der Waals surface area contributed by atoms with E-state index in [4.69, 9.17) is 4.74 Å². The van der Waals surface area contributed by atoms with E-state index < -0.39 is 0 Å². The van der Waals surface area contributed by atoms with Crippen molar-refractivity contribution in [3.63, 3.8) is 0 Å². The fraction of sp³-hybridized carbons (Fsp3) is 0.750. The van der Waals surface area contributed by atoms with Crippen molar-refractivity contribution >= 4 is 0 Å². The summed E-state index contributed by atoms with van der Waals surface area (Å²) in [4.78, 5) is 3.37. The minimum Gasteiger partial charge on any atom is -0.374 e. The third kappa shape index (κ3) is 2.49. The van der Waals surface area contributed by atoms with Crippen LogP contribution in [0.15, 0.2) is 18.3 Å². The maximum absolute atomic E-state index is 6.36. The zero-order valence-electron chi connectivity index (χ0n) is 11.3. The molecule has 100 valence electrons. The Kier molecular flexibility index (Phi) is 3.74. The van der Waals surface area contributed by atoms with Crippen molar-refractivity contribution in [2.24, 2.45) is 5.92 Å². The average Bonchev–Trinajstić information content (AvgIpc) is 2.94. The minimum atomic E-state index is 0.142. The first kappa shape index (κ1) is 12.3. The molecule has 0 amide bonds. The maximum Gasteiger partial charge on any atom is 0.0764 e. The Balaban J connectivity index is 1.78. The number of ether oxygens (including phenoxy) is 1. The molecule has 2 fully saturated rings. The van der Waals surface area contributed by atoms with E-state index in [1.807, 2.05) is 6.20 Å². The summed E-state index contributed by atoms with van der Waals surface area (Å²) in [5.74, 6) is 0.787. The third-order valence-corrected chi connectivity index (χ3v) is 4.89. The van der Waals surface area contributed by atoms with Crippen molar-refractivity contribution in [3.8, 4) is 0 Å². The minimum absolute atomic E-state index is 0.142. The molecule has 1 saturated carbocycles. The first-order valence-electron chi connectivity index (χ1n) is 7.65. The van der Waals surface area contributed by atoms with E-state index in [2.05, 4.69) is 17.1 Å². The highest BCUT2D eigenvalue weighted by atomic mass is 16.5. The molecule has 2 aliphatic rings. The summed E-state index contributed by atoms with van der Waals surface area (Å²) in [5, 5.41) is 0. The Morgan fingerprint density at radius 3 is 2.72 bits per heavy atom. The second-order valence-corrected chi connectivity index (χ2v) is 6.08. The third-order valence-electron chi connectivity index (χ3n) is 4.89. The van der Waals surface area contributed by atoms with Gasteiger partial charge in [0.2, 0.25) is 0 Å². The first-order valence-corrected chi connectivity index (χ1v) is 7.65. The molecule has 0 spiro atoms. The van der Waals surface area contributed by atoms with Crippen molar-refractivity contribution in [2.75, 3.05) is 6.61 Å². The van der Waals surface area contributed by atoms with Gasteiger partial charge in [-0.25, -0.2) is 0 Å². The van der Waals surface area contributed by atoms with Crippen LogP contribution in [0.3, 0.4) is 0 Å². The molecule has 1 atom stereocenters. The Labute approximate surface area is 110 Å². The SMILES string of the molecule is c1c[nH]c(CC2(C3CCCCC3)CCCCO2)c1. The monoisotopic (exact) mass is 247 g/mol. The molecule has 1 aromatic rings. The summed E-state index contributed by atoms with van der Waals surface area (Å²) < 4.78 is 6.36. The van der Waals surface area contributed by atoms with Crippen LogP contribution in [-0.4, -0.2) is 17.2 Å². The van der Waals surface area contributed by atoms with Crippen molar-refractivity contribution < 1.29 is 4.74 Å². The molecule has 0 bridgehead atoms. The normalized spacial score (nSPS) is 30.4. The van der Waals surface area contributed by atoms with Crippen molar-refractivity contribution in [2.45, 2.75) is 63.4 Å². The van der Waals surface area contributed by atoms with Crippen LogP contribution in [0.5, 0.6) is 0 Å². The molecule has 1 aliphatic heterocycles. The van der Waals surface area contributed by atoms with Gasteiger partial charge in [-0.1, -0.05) is 19.3 Å². The van der Waals surface area contributed by atoms with E-state index in [0.717, 1.165) is 18.9 Å². The number of rotatable bonds is 3. The number of nitrogens with one attached hydrogen (secondary N) is 1. The molecular formula is C16H25NO. The van der Waals surface area contributed by atoms with E-state index >= 15 is 0 Å². The molecule has 1 aliphatic carbocycles. The summed E-state index contributed by atoms with van der Waals surface area (Å²) in [5.41, 5.74) is 1.49. The Morgan fingerprint density at radius 1 is 1.17 bits per heavy atom. The fourth-order valence-corrected chi connectivity index (χ4v) is 3.91. The Bertz CT molecular complexity index is 345. The molecule has 0 aromatic carbocycles. The lowest BCUT2D eigenvalue weighted by molar-refractivity contribution is -0.124. The summed E-state index contributed by atoms with van der Waals surface area (Å²) in [6.45, 7) is 0.969. The van der Waals surface area contributed by atoms with Gasteiger partial charge in [-0.05, 0) is 50.2 Å². The Morgan fingerprint density at radius 2 is 2.06 bits per heavy atom. The number of hydrogen-bond acceptors (Lipinski definition) is 1. The van der Waals surface area contributed by atoms with Gasteiger partial charge in [0.05, 0.1) is 5.60 Å². The zero-order chi connectivity index (χ0) is 12.3. The van der Waals surface area contributed by atoms with Crippen LogP contribution >= 0.6 is 0 Å². The second-order valence-electron chi connectivity index (χ2n) is 6.08. The largest absolute Gasteiger partial charge is 0.374 e. The van der Waals surface area contributed by atoms with Gasteiger partial charge in [-0.15, -0.1) is 0 Å². The van der Waals surface area contributed by atoms with Gasteiger partial charge in [0.25, 0.3) is 0 Å². The van der Waals surface area contributed by atoms with Crippen LogP contribution in [0.4, 0.5) is 0 Å². The highest BCUT2D eigenvalue weighted by Crippen LogP contribution is 2.42. The van der Waals surface area contributed by atoms with Crippen LogP contribution in [0, 0.1) is 5.92 Å². The standard InChI is InChI=1S/C16H25NO/c1-2-7-14(8-3-1)16(10-4-5-12-18-16)13-15-9-6-11-17-15/h6,9,11,14,17H,1-5,7-8,10,12-13H2. The predicted molar refractivity (Wildman–Crippen MR) is 73.6 cm³/mol. The summed E-state index contributed by atoms with van der Waals surface area (Å²) in [6, 6.07) is 4.31. The second kappa shape index (κ2) is 5.48. The molecule has 2 heterocycles. The Hall–Kier alpha value is -0.760. The molecule has 1 unspecified atom stereocenters. The van der Waals surface area contributed by atoms with Gasteiger partial charge in [0.1, 0.15) is 0 Å². The molecule has 3 rings (SSSR count). The molecule has 1 aromatic heterocycles. The predicted octanol–water partition coefficient (Wildman–Crippen LogP) is 4.08. The van der Waals surface area contributed by atoms with Crippen molar-refractivity contribution in [1.82, 2.24) is 4.98 Å². The maximum atomic E-state index is 6.36. The van der Waals surface area contributed by atoms with E-state index in [0.29, 0.717) is 0 Å². The molecular weight excluding hydrogens is 222 g/mol. The van der Waals surface area contributed by atoms with E-state index in [-0.39, 0.29) is 5.60 Å². The quantitative estimate of drug-likeness (QED) is 0.855. The summed E-state index contributed by atoms with van der Waals surface area (Å²) in [7, 11) is 0. The average molecular weight is 247 g/mol. The van der Waals surface area contributed by atoms with Gasteiger partial charge in [-0.2, -0.15) is 0 Å². The lowest BCUT2D eigenvalue weighted by atomic mass is 9.71. The van der Waals surface area contributed by atoms with Gasteiger partial charge in [0, 0.05) is 24.9 Å². The van der Waals surface area contributed by atoms with E-state index in [9.17, 15) is 0 Å². The molecule has 1 saturated heterocycles. The molecule has 2 nitrogen and oxygen atoms in total. The van der Waals surface area contributed by atoms with Crippen LogP contribution in [0.1, 0.15) is 57.1 Å². The van der Waals surface area contributed by atoms with E-state index in [1.165, 1.54) is 57.1 Å². The number of H-pyrrole nitrogens is 1. The van der Waals surface area contributed by atoms with Crippen LogP contribution in [0.25, 0.3) is 0 Å². The zero-order valence-corrected chi connectivity index (χ0v) is 11.3. The summed E-state index contributed by atoms with van der Waals surface area (Å²) >= 11 is 0. The smallest absolute Gasteiger partial charge is 0.0764 e. The van der Waals surface area contributed by atoms with Crippen LogP contribution in [-0.2, 0) is 11.2 Å². The number of aromatic nitrogens is 1. The highest BCUT2D eigenvalue weighted by Gasteiger charge is 2.41. The van der Waals surface area contributed by atoms with Crippen LogP contribution < -0.4 is 0 Å². The van der Waals surface area contributed by atoms with Crippen molar-refractivity contribution in [3.05, 3.63) is 24.0 Å². The highest BCUT2D eigenvalue weighted by molar-refractivity contribution is 5.09. The molecule has 0 radical (unpaired) electrons. The lowest BCUT2D eigenvalue weighted by Crippen LogP contribution is -2.46. The molecule has 2 heteroatoms. The first-order chi connectivity index (χ1) is 8.89. The number of aromatic amines is 1. The molecule has 1 N–H and O–H groups in total. The van der Waals surface area contributed by atoms with Crippen LogP contribution in [0.2, 0.25) is 0 Å². The van der Waals surface area contributed by atoms with Gasteiger partial charge < -0.3 is 9.72 Å². The number of hydrogen-bond donors (Lipinski definition) is 1. The van der Waals surface area contributed by atoms with Gasteiger partial charge in [0.15, 0.2) is 0 Å².